The molecule has 0 radical (unpaired) electrons. The molecule has 0 aromatic heterocycles. The van der Waals surface area contributed by atoms with Crippen LogP contribution in [0.15, 0.2) is 0 Å². The van der Waals surface area contributed by atoms with E-state index in [0.29, 0.717) is 25.6 Å². The summed E-state index contributed by atoms with van der Waals surface area (Å²) in [5.41, 5.74) is 5.80. The topological polar surface area (TPSA) is 61.5 Å². The zero-order valence-electron chi connectivity index (χ0n) is 9.41. The van der Waals surface area contributed by atoms with Crippen molar-refractivity contribution in [2.24, 2.45) is 11.7 Å². The average Bonchev–Trinajstić information content (AvgIpc) is 3.00. The first kappa shape index (κ1) is 12.5. The highest BCUT2D eigenvalue weighted by molar-refractivity contribution is 5.70. The van der Waals surface area contributed by atoms with E-state index in [9.17, 15) is 4.79 Å². The molecule has 0 bridgehead atoms. The van der Waals surface area contributed by atoms with Crippen LogP contribution >= 0.6 is 0 Å². The maximum Gasteiger partial charge on any atom is 0.307 e. The van der Waals surface area contributed by atoms with Crippen LogP contribution in [0.4, 0.5) is 0 Å². The fourth-order valence-electron chi connectivity index (χ4n) is 1.40. The zero-order valence-corrected chi connectivity index (χ0v) is 9.41. The second kappa shape index (κ2) is 6.80. The van der Waals surface area contributed by atoms with Gasteiger partial charge in [-0.05, 0) is 25.2 Å². The lowest BCUT2D eigenvalue weighted by atomic mass is 10.1. The number of hydrogen-bond donors (Lipinski definition) is 1. The van der Waals surface area contributed by atoms with E-state index in [1.54, 1.807) is 0 Å². The molecule has 1 atom stereocenters. The van der Waals surface area contributed by atoms with E-state index in [1.165, 1.54) is 0 Å². The molecule has 0 heterocycles. The second-order valence-electron chi connectivity index (χ2n) is 4.04. The predicted molar refractivity (Wildman–Crippen MR) is 57.4 cm³/mol. The summed E-state index contributed by atoms with van der Waals surface area (Å²) in [4.78, 5) is 11.3. The van der Waals surface area contributed by atoms with Crippen LogP contribution in [0.3, 0.4) is 0 Å². The lowest BCUT2D eigenvalue weighted by Crippen LogP contribution is -2.27. The zero-order chi connectivity index (χ0) is 11.1. The SMILES string of the molecule is CCCOCCOC(=O)CC(N)C1CC1. The first-order valence-electron chi connectivity index (χ1n) is 5.73. The highest BCUT2D eigenvalue weighted by Crippen LogP contribution is 2.32. The van der Waals surface area contributed by atoms with Gasteiger partial charge in [0.05, 0.1) is 13.0 Å². The molecule has 4 heteroatoms. The summed E-state index contributed by atoms with van der Waals surface area (Å²) >= 11 is 0. The van der Waals surface area contributed by atoms with Crippen molar-refractivity contribution < 1.29 is 14.3 Å². The van der Waals surface area contributed by atoms with Gasteiger partial charge in [0.15, 0.2) is 0 Å². The largest absolute Gasteiger partial charge is 0.463 e. The third-order valence-electron chi connectivity index (χ3n) is 2.47. The Morgan fingerprint density at radius 2 is 2.13 bits per heavy atom. The van der Waals surface area contributed by atoms with Gasteiger partial charge in [-0.25, -0.2) is 0 Å². The predicted octanol–water partition coefficient (Wildman–Crippen LogP) is 1.08. The minimum atomic E-state index is -0.200. The van der Waals surface area contributed by atoms with Gasteiger partial charge in [0.2, 0.25) is 0 Å². The van der Waals surface area contributed by atoms with E-state index < -0.39 is 0 Å². The maximum atomic E-state index is 11.3. The Bertz CT molecular complexity index is 192. The quantitative estimate of drug-likeness (QED) is 0.486. The first-order chi connectivity index (χ1) is 7.24. The Balaban J connectivity index is 1.93. The van der Waals surface area contributed by atoms with Crippen molar-refractivity contribution in [2.75, 3.05) is 19.8 Å². The number of rotatable bonds is 8. The van der Waals surface area contributed by atoms with Crippen molar-refractivity contribution in [3.63, 3.8) is 0 Å². The maximum absolute atomic E-state index is 11.3. The molecule has 15 heavy (non-hydrogen) atoms. The molecule has 0 spiro atoms. The van der Waals surface area contributed by atoms with Crippen LogP contribution in [0.1, 0.15) is 32.6 Å². The number of carbonyl (C=O) groups is 1. The Labute approximate surface area is 91.1 Å². The summed E-state index contributed by atoms with van der Waals surface area (Å²) in [5, 5.41) is 0. The third-order valence-corrected chi connectivity index (χ3v) is 2.47. The van der Waals surface area contributed by atoms with Gasteiger partial charge in [0, 0.05) is 12.6 Å². The van der Waals surface area contributed by atoms with Gasteiger partial charge in [-0.1, -0.05) is 6.92 Å². The number of ether oxygens (including phenoxy) is 2. The van der Waals surface area contributed by atoms with Crippen molar-refractivity contribution in [2.45, 2.75) is 38.6 Å². The van der Waals surface area contributed by atoms with Gasteiger partial charge in [0.25, 0.3) is 0 Å². The van der Waals surface area contributed by atoms with Crippen molar-refractivity contribution in [3.8, 4) is 0 Å². The minimum absolute atomic E-state index is 0.00550. The van der Waals surface area contributed by atoms with Gasteiger partial charge in [-0.15, -0.1) is 0 Å². The van der Waals surface area contributed by atoms with E-state index in [2.05, 4.69) is 0 Å². The molecule has 0 aliphatic heterocycles. The van der Waals surface area contributed by atoms with Crippen molar-refractivity contribution in [3.05, 3.63) is 0 Å². The molecule has 0 aromatic carbocycles. The van der Waals surface area contributed by atoms with Crippen LogP contribution in [0.5, 0.6) is 0 Å². The lowest BCUT2D eigenvalue weighted by Gasteiger charge is -2.09. The normalized spacial score (nSPS) is 17.5. The molecule has 4 nitrogen and oxygen atoms in total. The van der Waals surface area contributed by atoms with E-state index in [-0.39, 0.29) is 12.0 Å². The summed E-state index contributed by atoms with van der Waals surface area (Å²) in [6.07, 6.45) is 3.65. The second-order valence-corrected chi connectivity index (χ2v) is 4.04. The number of esters is 1. The standard InChI is InChI=1S/C11H21NO3/c1-2-5-14-6-7-15-11(13)8-10(12)9-3-4-9/h9-10H,2-8,12H2,1H3. The summed E-state index contributed by atoms with van der Waals surface area (Å²) in [7, 11) is 0. The van der Waals surface area contributed by atoms with Crippen LogP contribution < -0.4 is 5.73 Å². The molecule has 1 aliphatic carbocycles. The van der Waals surface area contributed by atoms with Gasteiger partial charge < -0.3 is 15.2 Å². The van der Waals surface area contributed by atoms with Crippen LogP contribution in [0.25, 0.3) is 0 Å². The number of carbonyl (C=O) groups excluding carboxylic acids is 1. The third kappa shape index (κ3) is 5.74. The Kier molecular flexibility index (Phi) is 5.65. The molecule has 1 rings (SSSR count). The Morgan fingerprint density at radius 3 is 2.73 bits per heavy atom. The van der Waals surface area contributed by atoms with E-state index in [1.807, 2.05) is 6.92 Å². The molecule has 1 aliphatic rings. The molecular formula is C11H21NO3. The molecule has 88 valence electrons. The van der Waals surface area contributed by atoms with Crippen LogP contribution in [0, 0.1) is 5.92 Å². The molecule has 0 saturated heterocycles. The Hall–Kier alpha value is -0.610. The van der Waals surface area contributed by atoms with E-state index in [4.69, 9.17) is 15.2 Å². The van der Waals surface area contributed by atoms with E-state index >= 15 is 0 Å². The summed E-state index contributed by atoms with van der Waals surface area (Å²) in [6.45, 7) is 3.59. The number of nitrogens with two attached hydrogens (primary N) is 1. The van der Waals surface area contributed by atoms with Crippen LogP contribution in [-0.2, 0) is 14.3 Å². The molecule has 0 aromatic rings. The van der Waals surface area contributed by atoms with Gasteiger partial charge >= 0.3 is 5.97 Å². The smallest absolute Gasteiger partial charge is 0.307 e. The molecule has 1 fully saturated rings. The molecule has 1 unspecified atom stereocenters. The lowest BCUT2D eigenvalue weighted by molar-refractivity contribution is -0.145. The molecular weight excluding hydrogens is 194 g/mol. The molecule has 2 N–H and O–H groups in total. The van der Waals surface area contributed by atoms with Gasteiger partial charge in [0.1, 0.15) is 6.61 Å². The molecule has 0 amide bonds. The van der Waals surface area contributed by atoms with Crippen LogP contribution in [-0.4, -0.2) is 31.8 Å². The van der Waals surface area contributed by atoms with Crippen molar-refractivity contribution in [1.82, 2.24) is 0 Å². The highest BCUT2D eigenvalue weighted by Gasteiger charge is 2.30. The van der Waals surface area contributed by atoms with Crippen molar-refractivity contribution in [1.29, 1.82) is 0 Å². The first-order valence-corrected chi connectivity index (χ1v) is 5.73. The fraction of sp³-hybridized carbons (Fsp3) is 0.909. The average molecular weight is 215 g/mol. The number of hydrogen-bond acceptors (Lipinski definition) is 4. The van der Waals surface area contributed by atoms with Crippen molar-refractivity contribution >= 4 is 5.97 Å². The monoisotopic (exact) mass is 215 g/mol. The summed E-state index contributed by atoms with van der Waals surface area (Å²) < 4.78 is 10.2. The summed E-state index contributed by atoms with van der Waals surface area (Å²) in [6, 6.07) is -0.00550. The summed E-state index contributed by atoms with van der Waals surface area (Å²) in [5.74, 6) is 0.350. The molecule has 1 saturated carbocycles. The Morgan fingerprint density at radius 1 is 1.40 bits per heavy atom. The van der Waals surface area contributed by atoms with Gasteiger partial charge in [-0.2, -0.15) is 0 Å². The van der Waals surface area contributed by atoms with Crippen LogP contribution in [0.2, 0.25) is 0 Å². The van der Waals surface area contributed by atoms with E-state index in [0.717, 1.165) is 25.9 Å². The minimum Gasteiger partial charge on any atom is -0.463 e. The van der Waals surface area contributed by atoms with Gasteiger partial charge in [-0.3, -0.25) is 4.79 Å². The highest BCUT2D eigenvalue weighted by atomic mass is 16.6. The fourth-order valence-corrected chi connectivity index (χ4v) is 1.40.